The van der Waals surface area contributed by atoms with Gasteiger partial charge in [-0.05, 0) is 25.1 Å². The molecule has 76 valence electrons. The Hall–Kier alpha value is -0.540. The molecule has 0 spiro atoms. The first-order valence-electron chi connectivity index (χ1n) is 4.86. The molecular weight excluding hydrogens is 242 g/mol. The summed E-state index contributed by atoms with van der Waals surface area (Å²) in [6.07, 6.45) is 1.19. The predicted octanol–water partition coefficient (Wildman–Crippen LogP) is 2.53. The highest BCUT2D eigenvalue weighted by Gasteiger charge is 2.22. The fraction of sp³-hybridized carbons (Fsp3) is 0.455. The van der Waals surface area contributed by atoms with E-state index in [0.29, 0.717) is 5.92 Å². The van der Waals surface area contributed by atoms with Gasteiger partial charge in [0, 0.05) is 22.5 Å². The smallest absolute Gasteiger partial charge is 0.123 e. The molecule has 0 amide bonds. The van der Waals surface area contributed by atoms with Gasteiger partial charge in [-0.2, -0.15) is 0 Å². The molecule has 2 rings (SSSR count). The zero-order chi connectivity index (χ0) is 9.97. The lowest BCUT2D eigenvalue weighted by Crippen LogP contribution is -2.09. The van der Waals surface area contributed by atoms with Crippen molar-refractivity contribution < 1.29 is 4.74 Å². The van der Waals surface area contributed by atoms with Crippen molar-refractivity contribution in [2.45, 2.75) is 12.3 Å². The normalized spacial score (nSPS) is 21.1. The fourth-order valence-electron chi connectivity index (χ4n) is 1.99. The second-order valence-corrected chi connectivity index (χ2v) is 4.40. The van der Waals surface area contributed by atoms with E-state index < -0.39 is 0 Å². The predicted molar refractivity (Wildman–Crippen MR) is 60.9 cm³/mol. The Morgan fingerprint density at radius 1 is 1.50 bits per heavy atom. The highest BCUT2D eigenvalue weighted by Crippen LogP contribution is 2.36. The van der Waals surface area contributed by atoms with Gasteiger partial charge in [-0.1, -0.05) is 22.0 Å². The summed E-state index contributed by atoms with van der Waals surface area (Å²) in [6, 6.07) is 6.11. The van der Waals surface area contributed by atoms with E-state index in [1.165, 1.54) is 12.0 Å². The van der Waals surface area contributed by atoms with Crippen molar-refractivity contribution in [1.29, 1.82) is 0 Å². The molecule has 1 heterocycles. The van der Waals surface area contributed by atoms with Gasteiger partial charge >= 0.3 is 0 Å². The second kappa shape index (κ2) is 4.32. The average molecular weight is 256 g/mol. The quantitative estimate of drug-likeness (QED) is 0.877. The molecule has 1 atom stereocenters. The molecule has 1 aromatic rings. The molecule has 1 N–H and O–H groups in total. The summed E-state index contributed by atoms with van der Waals surface area (Å²) >= 11 is 3.59. The highest BCUT2D eigenvalue weighted by molar-refractivity contribution is 9.10. The molecule has 0 aromatic heterocycles. The second-order valence-electron chi connectivity index (χ2n) is 3.55. The van der Waals surface area contributed by atoms with E-state index in [0.717, 1.165) is 23.3 Å². The largest absolute Gasteiger partial charge is 0.496 e. The molecule has 1 aromatic carbocycles. The summed E-state index contributed by atoms with van der Waals surface area (Å²) in [5, 5.41) is 3.37. The lowest BCUT2D eigenvalue weighted by molar-refractivity contribution is 0.406. The zero-order valence-corrected chi connectivity index (χ0v) is 9.80. The van der Waals surface area contributed by atoms with Crippen LogP contribution in [-0.2, 0) is 0 Å². The third-order valence-corrected chi connectivity index (χ3v) is 3.39. The van der Waals surface area contributed by atoms with E-state index in [4.69, 9.17) is 4.74 Å². The van der Waals surface area contributed by atoms with Crippen LogP contribution in [-0.4, -0.2) is 20.2 Å². The minimum atomic E-state index is 0.584. The Labute approximate surface area is 92.8 Å². The van der Waals surface area contributed by atoms with Gasteiger partial charge in [0.15, 0.2) is 0 Å². The van der Waals surface area contributed by atoms with E-state index in [2.05, 4.69) is 27.3 Å². The van der Waals surface area contributed by atoms with Crippen molar-refractivity contribution in [3.63, 3.8) is 0 Å². The van der Waals surface area contributed by atoms with Crippen LogP contribution in [0.25, 0.3) is 0 Å². The Balaban J connectivity index is 2.37. The van der Waals surface area contributed by atoms with Crippen molar-refractivity contribution in [1.82, 2.24) is 5.32 Å². The Morgan fingerprint density at radius 3 is 3.00 bits per heavy atom. The van der Waals surface area contributed by atoms with E-state index in [-0.39, 0.29) is 0 Å². The van der Waals surface area contributed by atoms with Crippen molar-refractivity contribution >= 4 is 15.9 Å². The Bertz CT molecular complexity index is 321. The van der Waals surface area contributed by atoms with Crippen LogP contribution in [0.2, 0.25) is 0 Å². The zero-order valence-electron chi connectivity index (χ0n) is 8.22. The highest BCUT2D eigenvalue weighted by atomic mass is 79.9. The van der Waals surface area contributed by atoms with Crippen LogP contribution in [0.1, 0.15) is 17.9 Å². The van der Waals surface area contributed by atoms with E-state index >= 15 is 0 Å². The summed E-state index contributed by atoms with van der Waals surface area (Å²) in [6.45, 7) is 2.16. The molecule has 0 radical (unpaired) electrons. The fourth-order valence-corrected chi connectivity index (χ4v) is 2.66. The minimum absolute atomic E-state index is 0.584. The van der Waals surface area contributed by atoms with Gasteiger partial charge in [0.2, 0.25) is 0 Å². The van der Waals surface area contributed by atoms with Gasteiger partial charge in [-0.25, -0.2) is 0 Å². The minimum Gasteiger partial charge on any atom is -0.496 e. The number of rotatable bonds is 2. The lowest BCUT2D eigenvalue weighted by atomic mass is 9.97. The van der Waals surface area contributed by atoms with Crippen molar-refractivity contribution in [2.75, 3.05) is 20.2 Å². The molecule has 2 nitrogen and oxygen atoms in total. The third-order valence-electron chi connectivity index (χ3n) is 2.70. The van der Waals surface area contributed by atoms with Gasteiger partial charge in [-0.3, -0.25) is 0 Å². The van der Waals surface area contributed by atoms with Gasteiger partial charge in [-0.15, -0.1) is 0 Å². The first-order chi connectivity index (χ1) is 6.83. The summed E-state index contributed by atoms with van der Waals surface area (Å²) in [7, 11) is 1.73. The van der Waals surface area contributed by atoms with Crippen LogP contribution in [0.15, 0.2) is 22.7 Å². The number of benzene rings is 1. The number of hydrogen-bond acceptors (Lipinski definition) is 2. The first-order valence-corrected chi connectivity index (χ1v) is 5.65. The standard InChI is InChI=1S/C11H14BrNO/c1-14-10-4-2-3-9(12)11(10)8-5-6-13-7-8/h2-4,8,13H,5-7H2,1H3/t8-/m0/s1. The summed E-state index contributed by atoms with van der Waals surface area (Å²) < 4.78 is 6.54. The van der Waals surface area contributed by atoms with Gasteiger partial charge < -0.3 is 10.1 Å². The van der Waals surface area contributed by atoms with Crippen LogP contribution >= 0.6 is 15.9 Å². The third kappa shape index (κ3) is 1.79. The van der Waals surface area contributed by atoms with Crippen LogP contribution in [0.4, 0.5) is 0 Å². The van der Waals surface area contributed by atoms with Crippen LogP contribution in [0.5, 0.6) is 5.75 Å². The molecule has 0 saturated carbocycles. The van der Waals surface area contributed by atoms with Crippen molar-refractivity contribution in [3.8, 4) is 5.75 Å². The molecule has 1 aliphatic heterocycles. The van der Waals surface area contributed by atoms with Crippen molar-refractivity contribution in [3.05, 3.63) is 28.2 Å². The molecule has 0 aliphatic carbocycles. The van der Waals surface area contributed by atoms with Gasteiger partial charge in [0.05, 0.1) is 7.11 Å². The summed E-state index contributed by atoms with van der Waals surface area (Å²) in [4.78, 5) is 0. The average Bonchev–Trinajstić information content (AvgIpc) is 2.70. The molecule has 1 aliphatic rings. The molecule has 1 fully saturated rings. The maximum absolute atomic E-state index is 5.38. The van der Waals surface area contributed by atoms with E-state index in [9.17, 15) is 0 Å². The SMILES string of the molecule is COc1cccc(Br)c1[C@H]1CCNC1. The van der Waals surface area contributed by atoms with Crippen LogP contribution < -0.4 is 10.1 Å². The molecule has 0 bridgehead atoms. The number of methoxy groups -OCH3 is 1. The van der Waals surface area contributed by atoms with E-state index in [1.54, 1.807) is 7.11 Å². The Kier molecular flexibility index (Phi) is 3.08. The van der Waals surface area contributed by atoms with E-state index in [1.807, 2.05) is 12.1 Å². The van der Waals surface area contributed by atoms with Crippen LogP contribution in [0, 0.1) is 0 Å². The number of nitrogens with one attached hydrogen (secondary N) is 1. The van der Waals surface area contributed by atoms with Gasteiger partial charge in [0.25, 0.3) is 0 Å². The molecule has 3 heteroatoms. The monoisotopic (exact) mass is 255 g/mol. The lowest BCUT2D eigenvalue weighted by Gasteiger charge is -2.15. The maximum atomic E-state index is 5.38. The Morgan fingerprint density at radius 2 is 2.36 bits per heavy atom. The summed E-state index contributed by atoms with van der Waals surface area (Å²) in [5.74, 6) is 1.58. The molecule has 0 unspecified atom stereocenters. The van der Waals surface area contributed by atoms with Crippen LogP contribution in [0.3, 0.4) is 0 Å². The topological polar surface area (TPSA) is 21.3 Å². The molecule has 14 heavy (non-hydrogen) atoms. The number of halogens is 1. The van der Waals surface area contributed by atoms with Crippen molar-refractivity contribution in [2.24, 2.45) is 0 Å². The maximum Gasteiger partial charge on any atom is 0.123 e. The number of hydrogen-bond donors (Lipinski definition) is 1. The van der Waals surface area contributed by atoms with Gasteiger partial charge in [0.1, 0.15) is 5.75 Å². The summed E-state index contributed by atoms with van der Waals surface area (Å²) in [5.41, 5.74) is 1.31. The molecular formula is C11H14BrNO. The number of ether oxygens (including phenoxy) is 1. The molecule has 1 saturated heterocycles. The first kappa shape index (κ1) is 9.99.